The van der Waals surface area contributed by atoms with Gasteiger partial charge in [0.2, 0.25) is 0 Å². The highest BCUT2D eigenvalue weighted by atomic mass is 16.2. The third-order valence-electron chi connectivity index (χ3n) is 5.12. The summed E-state index contributed by atoms with van der Waals surface area (Å²) in [6.07, 6.45) is 9.63. The van der Waals surface area contributed by atoms with Crippen LogP contribution in [0.5, 0.6) is 0 Å². The molecule has 1 saturated carbocycles. The minimum absolute atomic E-state index is 0.0963. The molecule has 4 rings (SSSR count). The number of carbonyl (C=O) groups excluding carboxylic acids is 1. The molecule has 0 radical (unpaired) electrons. The maximum Gasteiger partial charge on any atom is 0.320 e. The molecule has 2 aliphatic rings. The highest BCUT2D eigenvalue weighted by molar-refractivity contribution is 5.88. The van der Waals surface area contributed by atoms with Crippen LogP contribution in [0.15, 0.2) is 12.3 Å². The Kier molecular flexibility index (Phi) is 4.42. The van der Waals surface area contributed by atoms with Crippen molar-refractivity contribution in [1.29, 1.82) is 0 Å². The van der Waals surface area contributed by atoms with E-state index >= 15 is 0 Å². The standard InChI is InChI=1S/C17H25N7O/c1-12-19-16-14(8-5-11-23(16)22-12)20-17(25)21-15-9-10-18-24(15)13-6-3-2-4-7-13/h9-10,13-14H,2-8,11H2,1H3,(H2,20,21,25). The molecule has 1 fully saturated rings. The molecule has 2 aromatic heterocycles. The number of anilines is 1. The van der Waals surface area contributed by atoms with Crippen LogP contribution in [-0.4, -0.2) is 30.6 Å². The lowest BCUT2D eigenvalue weighted by atomic mass is 9.96. The largest absolute Gasteiger partial charge is 0.328 e. The first kappa shape index (κ1) is 16.1. The SMILES string of the molecule is Cc1nc2n(n1)CCCC2NC(=O)Nc1ccnn1C1CCCCC1. The van der Waals surface area contributed by atoms with Crippen LogP contribution >= 0.6 is 0 Å². The lowest BCUT2D eigenvalue weighted by Crippen LogP contribution is -2.36. The molecular weight excluding hydrogens is 318 g/mol. The van der Waals surface area contributed by atoms with Crippen LogP contribution in [0.25, 0.3) is 0 Å². The number of urea groups is 1. The summed E-state index contributed by atoms with van der Waals surface area (Å²) in [5.41, 5.74) is 0. The normalized spacial score (nSPS) is 20.9. The summed E-state index contributed by atoms with van der Waals surface area (Å²) in [6, 6.07) is 1.94. The monoisotopic (exact) mass is 343 g/mol. The van der Waals surface area contributed by atoms with E-state index in [2.05, 4.69) is 25.8 Å². The van der Waals surface area contributed by atoms with Crippen LogP contribution in [0, 0.1) is 6.92 Å². The van der Waals surface area contributed by atoms with Crippen LogP contribution < -0.4 is 10.6 Å². The Morgan fingerprint density at radius 1 is 1.20 bits per heavy atom. The van der Waals surface area contributed by atoms with E-state index in [0.717, 1.165) is 49.7 Å². The Balaban J connectivity index is 1.43. The fraction of sp³-hybridized carbons (Fsp3) is 0.647. The van der Waals surface area contributed by atoms with Gasteiger partial charge >= 0.3 is 6.03 Å². The number of hydrogen-bond donors (Lipinski definition) is 2. The number of nitrogens with zero attached hydrogens (tertiary/aromatic N) is 5. The molecule has 0 spiro atoms. The summed E-state index contributed by atoms with van der Waals surface area (Å²) >= 11 is 0. The number of rotatable bonds is 3. The fourth-order valence-electron chi connectivity index (χ4n) is 3.95. The van der Waals surface area contributed by atoms with Crippen LogP contribution in [0.2, 0.25) is 0 Å². The van der Waals surface area contributed by atoms with Crippen LogP contribution in [0.3, 0.4) is 0 Å². The molecule has 2 aromatic rings. The summed E-state index contributed by atoms with van der Waals surface area (Å²) in [6.45, 7) is 2.75. The first-order valence-electron chi connectivity index (χ1n) is 9.23. The minimum atomic E-state index is -0.211. The van der Waals surface area contributed by atoms with Gasteiger partial charge in [0.05, 0.1) is 18.3 Å². The van der Waals surface area contributed by atoms with Gasteiger partial charge in [-0.3, -0.25) is 5.32 Å². The third kappa shape index (κ3) is 3.38. The first-order valence-corrected chi connectivity index (χ1v) is 9.23. The number of carbonyl (C=O) groups is 1. The number of hydrogen-bond acceptors (Lipinski definition) is 4. The molecule has 1 unspecified atom stereocenters. The van der Waals surface area contributed by atoms with Gasteiger partial charge in [0, 0.05) is 12.6 Å². The van der Waals surface area contributed by atoms with Crippen molar-refractivity contribution in [2.45, 2.75) is 70.5 Å². The predicted octanol–water partition coefficient (Wildman–Crippen LogP) is 2.94. The van der Waals surface area contributed by atoms with E-state index in [0.29, 0.717) is 6.04 Å². The smallest absolute Gasteiger partial charge is 0.320 e. The topological polar surface area (TPSA) is 89.7 Å². The molecule has 0 saturated heterocycles. The number of nitrogens with one attached hydrogen (secondary N) is 2. The molecule has 0 bridgehead atoms. The zero-order valence-electron chi connectivity index (χ0n) is 14.6. The van der Waals surface area contributed by atoms with Crippen molar-refractivity contribution in [3.63, 3.8) is 0 Å². The van der Waals surface area contributed by atoms with E-state index in [-0.39, 0.29) is 12.1 Å². The van der Waals surface area contributed by atoms with Gasteiger partial charge in [0.1, 0.15) is 17.5 Å². The van der Waals surface area contributed by atoms with Crippen molar-refractivity contribution in [1.82, 2.24) is 29.9 Å². The molecule has 1 aliphatic heterocycles. The third-order valence-corrected chi connectivity index (χ3v) is 5.12. The quantitative estimate of drug-likeness (QED) is 0.896. The van der Waals surface area contributed by atoms with Gasteiger partial charge in [0.25, 0.3) is 0 Å². The van der Waals surface area contributed by atoms with Gasteiger partial charge < -0.3 is 5.32 Å². The summed E-state index contributed by atoms with van der Waals surface area (Å²) in [7, 11) is 0. The van der Waals surface area contributed by atoms with Gasteiger partial charge in [0.15, 0.2) is 0 Å². The van der Waals surface area contributed by atoms with E-state index in [1.165, 1.54) is 19.3 Å². The fourth-order valence-corrected chi connectivity index (χ4v) is 3.95. The van der Waals surface area contributed by atoms with Gasteiger partial charge in [-0.15, -0.1) is 0 Å². The Hall–Kier alpha value is -2.38. The molecule has 2 N–H and O–H groups in total. The molecule has 25 heavy (non-hydrogen) atoms. The number of aromatic nitrogens is 5. The zero-order chi connectivity index (χ0) is 17.2. The molecule has 8 nitrogen and oxygen atoms in total. The predicted molar refractivity (Wildman–Crippen MR) is 93.2 cm³/mol. The minimum Gasteiger partial charge on any atom is -0.328 e. The number of amides is 2. The lowest BCUT2D eigenvalue weighted by Gasteiger charge is -2.25. The van der Waals surface area contributed by atoms with Gasteiger partial charge in [-0.25, -0.2) is 19.1 Å². The molecule has 3 heterocycles. The molecule has 8 heteroatoms. The second-order valence-electron chi connectivity index (χ2n) is 6.99. The van der Waals surface area contributed by atoms with Crippen molar-refractivity contribution < 1.29 is 4.79 Å². The summed E-state index contributed by atoms with van der Waals surface area (Å²) < 4.78 is 3.86. The van der Waals surface area contributed by atoms with E-state index in [1.54, 1.807) is 6.20 Å². The van der Waals surface area contributed by atoms with Crippen molar-refractivity contribution in [3.05, 3.63) is 23.9 Å². The molecule has 0 aromatic carbocycles. The highest BCUT2D eigenvalue weighted by Crippen LogP contribution is 2.30. The average molecular weight is 343 g/mol. The maximum atomic E-state index is 12.5. The van der Waals surface area contributed by atoms with Gasteiger partial charge in [-0.05, 0) is 32.6 Å². The molecular formula is C17H25N7O. The van der Waals surface area contributed by atoms with Gasteiger partial charge in [-0.2, -0.15) is 10.2 Å². The molecule has 1 aliphatic carbocycles. The van der Waals surface area contributed by atoms with Crippen molar-refractivity contribution in [2.75, 3.05) is 5.32 Å². The average Bonchev–Trinajstić information content (AvgIpc) is 3.22. The van der Waals surface area contributed by atoms with Crippen LogP contribution in [0.4, 0.5) is 10.6 Å². The Morgan fingerprint density at radius 2 is 2.04 bits per heavy atom. The van der Waals surface area contributed by atoms with Crippen LogP contribution in [0.1, 0.15) is 68.7 Å². The molecule has 134 valence electrons. The van der Waals surface area contributed by atoms with E-state index < -0.39 is 0 Å². The molecule has 2 amide bonds. The molecule has 1 atom stereocenters. The highest BCUT2D eigenvalue weighted by Gasteiger charge is 2.26. The summed E-state index contributed by atoms with van der Waals surface area (Å²) in [4.78, 5) is 17.0. The van der Waals surface area contributed by atoms with Gasteiger partial charge in [-0.1, -0.05) is 19.3 Å². The summed E-state index contributed by atoms with van der Waals surface area (Å²) in [5, 5.41) is 14.8. The van der Waals surface area contributed by atoms with E-state index in [9.17, 15) is 4.79 Å². The van der Waals surface area contributed by atoms with Crippen molar-refractivity contribution in [3.8, 4) is 0 Å². The van der Waals surface area contributed by atoms with Crippen molar-refractivity contribution >= 4 is 11.8 Å². The zero-order valence-corrected chi connectivity index (χ0v) is 14.6. The lowest BCUT2D eigenvalue weighted by molar-refractivity contribution is 0.243. The Bertz CT molecular complexity index is 744. The second-order valence-corrected chi connectivity index (χ2v) is 6.99. The second kappa shape index (κ2) is 6.85. The van der Waals surface area contributed by atoms with E-state index in [4.69, 9.17) is 0 Å². The number of fused-ring (bicyclic) bond motifs is 1. The first-order chi connectivity index (χ1) is 12.2. The Morgan fingerprint density at radius 3 is 2.88 bits per heavy atom. The van der Waals surface area contributed by atoms with Crippen LogP contribution in [-0.2, 0) is 6.54 Å². The maximum absolute atomic E-state index is 12.5. The summed E-state index contributed by atoms with van der Waals surface area (Å²) in [5.74, 6) is 2.36. The van der Waals surface area contributed by atoms with E-state index in [1.807, 2.05) is 22.4 Å². The Labute approximate surface area is 147 Å². The number of aryl methyl sites for hydroxylation is 2. The van der Waals surface area contributed by atoms with Crippen molar-refractivity contribution in [2.24, 2.45) is 0 Å².